The lowest BCUT2D eigenvalue weighted by molar-refractivity contribution is 0.00739. The molecule has 23 heavy (non-hydrogen) atoms. The van der Waals surface area contributed by atoms with Crippen LogP contribution in [0.15, 0.2) is 24.3 Å². The van der Waals surface area contributed by atoms with Gasteiger partial charge < -0.3 is 15.2 Å². The van der Waals surface area contributed by atoms with Crippen LogP contribution in [-0.4, -0.2) is 41.8 Å². The molecule has 0 aliphatic carbocycles. The summed E-state index contributed by atoms with van der Waals surface area (Å²) in [5.41, 5.74) is 0.485. The van der Waals surface area contributed by atoms with Gasteiger partial charge in [-0.3, -0.25) is 10.1 Å². The predicted octanol–water partition coefficient (Wildman–Crippen LogP) is 2.80. The highest BCUT2D eigenvalue weighted by molar-refractivity contribution is 5.89. The lowest BCUT2D eigenvalue weighted by atomic mass is 9.84. The van der Waals surface area contributed by atoms with Gasteiger partial charge in [-0.2, -0.15) is 0 Å². The van der Waals surface area contributed by atoms with Crippen LogP contribution in [0.1, 0.15) is 42.5 Å². The quantitative estimate of drug-likeness (QED) is 0.679. The summed E-state index contributed by atoms with van der Waals surface area (Å²) in [5, 5.41) is 19.3. The van der Waals surface area contributed by atoms with E-state index in [9.17, 15) is 10.0 Å². The molecule has 0 radical (unpaired) electrons. The molecule has 6 nitrogen and oxygen atoms in total. The molecule has 2 aliphatic rings. The second-order valence-electron chi connectivity index (χ2n) is 6.42. The summed E-state index contributed by atoms with van der Waals surface area (Å²) in [7, 11) is 0. The Morgan fingerprint density at radius 3 is 2.70 bits per heavy atom. The number of piperidine rings is 2. The molecule has 0 spiro atoms. The number of hydrogen-bond donors (Lipinski definition) is 1. The predicted molar refractivity (Wildman–Crippen MR) is 86.3 cm³/mol. The molecule has 1 N–H and O–H groups in total. The molecule has 1 aromatic carbocycles. The van der Waals surface area contributed by atoms with Crippen molar-refractivity contribution in [2.75, 3.05) is 24.9 Å². The standard InChI is InChI=1S/C17H23N2O4/c20-17(13-6-8-15(9-7-13)19(21)22)23-12-14-4-3-11-18-10-2-1-5-16(14)18/h6-9,14,16,21H,1-5,10-12H2/q-1. The molecule has 0 aromatic heterocycles. The van der Waals surface area contributed by atoms with Crippen LogP contribution in [0.3, 0.4) is 0 Å². The van der Waals surface area contributed by atoms with Gasteiger partial charge in [-0.05, 0) is 63.0 Å². The van der Waals surface area contributed by atoms with Gasteiger partial charge in [-0.25, -0.2) is 4.79 Å². The molecule has 6 heteroatoms. The Hall–Kier alpha value is -1.63. The lowest BCUT2D eigenvalue weighted by Crippen LogP contribution is -2.49. The third-order valence-electron chi connectivity index (χ3n) is 4.98. The first-order valence-electron chi connectivity index (χ1n) is 8.32. The molecule has 2 heterocycles. The maximum atomic E-state index is 12.1. The molecule has 126 valence electrons. The first-order chi connectivity index (χ1) is 11.1. The van der Waals surface area contributed by atoms with Gasteiger partial charge in [0.2, 0.25) is 0 Å². The Labute approximate surface area is 136 Å². The Kier molecular flexibility index (Phi) is 5.15. The number of rotatable bonds is 4. The topological polar surface area (TPSA) is 76.1 Å². The minimum atomic E-state index is -0.375. The van der Waals surface area contributed by atoms with Crippen molar-refractivity contribution in [3.8, 4) is 0 Å². The number of anilines is 1. The Balaban J connectivity index is 1.55. The minimum Gasteiger partial charge on any atom is -0.733 e. The van der Waals surface area contributed by atoms with Crippen molar-refractivity contribution in [3.05, 3.63) is 35.0 Å². The molecule has 2 atom stereocenters. The fraction of sp³-hybridized carbons (Fsp3) is 0.588. The number of hydrogen-bond acceptors (Lipinski definition) is 6. The number of esters is 1. The molecule has 0 saturated carbocycles. The van der Waals surface area contributed by atoms with Crippen molar-refractivity contribution in [1.29, 1.82) is 0 Å². The van der Waals surface area contributed by atoms with Crippen LogP contribution >= 0.6 is 0 Å². The first-order valence-corrected chi connectivity index (χ1v) is 8.32. The van der Waals surface area contributed by atoms with E-state index in [1.165, 1.54) is 63.0 Å². The normalized spacial score (nSPS) is 24.8. The van der Waals surface area contributed by atoms with E-state index in [0.29, 0.717) is 24.1 Å². The number of fused-ring (bicyclic) bond motifs is 1. The molecular weight excluding hydrogens is 296 g/mol. The van der Waals surface area contributed by atoms with Crippen molar-refractivity contribution in [2.24, 2.45) is 5.92 Å². The molecule has 2 aliphatic heterocycles. The fourth-order valence-corrected chi connectivity index (χ4v) is 3.76. The van der Waals surface area contributed by atoms with E-state index >= 15 is 0 Å². The lowest BCUT2D eigenvalue weighted by Gasteiger charge is -2.44. The second-order valence-corrected chi connectivity index (χ2v) is 6.42. The largest absolute Gasteiger partial charge is 0.733 e. The summed E-state index contributed by atoms with van der Waals surface area (Å²) in [6, 6.07) is 6.33. The average Bonchev–Trinajstić information content (AvgIpc) is 2.59. The van der Waals surface area contributed by atoms with Gasteiger partial charge in [0.1, 0.15) is 0 Å². The highest BCUT2D eigenvalue weighted by atomic mass is 16.8. The van der Waals surface area contributed by atoms with Gasteiger partial charge in [0, 0.05) is 12.0 Å². The molecule has 2 unspecified atom stereocenters. The summed E-state index contributed by atoms with van der Waals surface area (Å²) >= 11 is 0. The summed E-state index contributed by atoms with van der Waals surface area (Å²) in [6.07, 6.45) is 6.02. The zero-order chi connectivity index (χ0) is 16.2. The number of nitrogens with zero attached hydrogens (tertiary/aromatic N) is 2. The van der Waals surface area contributed by atoms with Gasteiger partial charge in [0.15, 0.2) is 0 Å². The summed E-state index contributed by atoms with van der Waals surface area (Å²) < 4.78 is 5.50. The van der Waals surface area contributed by atoms with E-state index in [4.69, 9.17) is 9.94 Å². The van der Waals surface area contributed by atoms with Crippen LogP contribution in [0.25, 0.3) is 0 Å². The zero-order valence-electron chi connectivity index (χ0n) is 13.2. The number of benzene rings is 1. The van der Waals surface area contributed by atoms with Gasteiger partial charge in [-0.15, -0.1) is 0 Å². The van der Waals surface area contributed by atoms with Gasteiger partial charge in [0.05, 0.1) is 17.9 Å². The van der Waals surface area contributed by atoms with Crippen molar-refractivity contribution in [2.45, 2.75) is 38.1 Å². The smallest absolute Gasteiger partial charge is 0.338 e. The molecule has 0 amide bonds. The molecule has 2 fully saturated rings. The Bertz CT molecular complexity index is 530. The second kappa shape index (κ2) is 7.29. The average molecular weight is 319 g/mol. The van der Waals surface area contributed by atoms with E-state index in [1.54, 1.807) is 0 Å². The molecule has 0 bridgehead atoms. The van der Waals surface area contributed by atoms with E-state index in [1.807, 2.05) is 0 Å². The van der Waals surface area contributed by atoms with Crippen LogP contribution in [0, 0.1) is 11.1 Å². The summed E-state index contributed by atoms with van der Waals surface area (Å²) in [4.78, 5) is 14.7. The van der Waals surface area contributed by atoms with Crippen molar-refractivity contribution >= 4 is 11.7 Å². The van der Waals surface area contributed by atoms with Crippen molar-refractivity contribution in [1.82, 2.24) is 4.90 Å². The minimum absolute atomic E-state index is 0.0895. The number of carbonyl (C=O) groups is 1. The van der Waals surface area contributed by atoms with E-state index in [0.717, 1.165) is 6.42 Å². The first kappa shape index (κ1) is 16.2. The number of carbonyl (C=O) groups excluding carboxylic acids is 1. The fourth-order valence-electron chi connectivity index (χ4n) is 3.76. The van der Waals surface area contributed by atoms with Gasteiger partial charge in [0.25, 0.3) is 0 Å². The highest BCUT2D eigenvalue weighted by Gasteiger charge is 2.33. The van der Waals surface area contributed by atoms with Gasteiger partial charge in [-0.1, -0.05) is 6.42 Å². The van der Waals surface area contributed by atoms with Crippen LogP contribution < -0.4 is 5.23 Å². The van der Waals surface area contributed by atoms with Crippen molar-refractivity contribution < 1.29 is 14.7 Å². The summed E-state index contributed by atoms with van der Waals surface area (Å²) in [5.74, 6) is 0.0433. The monoisotopic (exact) mass is 319 g/mol. The van der Waals surface area contributed by atoms with Crippen LogP contribution in [0.5, 0.6) is 0 Å². The van der Waals surface area contributed by atoms with Crippen LogP contribution in [0.4, 0.5) is 5.69 Å². The number of ether oxygens (including phenoxy) is 1. The van der Waals surface area contributed by atoms with E-state index in [2.05, 4.69) is 4.90 Å². The molecule has 2 saturated heterocycles. The third kappa shape index (κ3) is 3.83. The highest BCUT2D eigenvalue weighted by Crippen LogP contribution is 2.31. The van der Waals surface area contributed by atoms with E-state index in [-0.39, 0.29) is 16.9 Å². The molecule has 1 aromatic rings. The summed E-state index contributed by atoms with van der Waals surface area (Å²) in [6.45, 7) is 2.79. The van der Waals surface area contributed by atoms with Crippen LogP contribution in [0.2, 0.25) is 0 Å². The Morgan fingerprint density at radius 1 is 1.22 bits per heavy atom. The SMILES string of the molecule is O=C(OCC1CCCN2CCCCC12)c1ccc(N([O-])O)cc1. The van der Waals surface area contributed by atoms with Gasteiger partial charge >= 0.3 is 5.97 Å². The Morgan fingerprint density at radius 2 is 1.96 bits per heavy atom. The maximum Gasteiger partial charge on any atom is 0.338 e. The zero-order valence-corrected chi connectivity index (χ0v) is 13.2. The third-order valence-corrected chi connectivity index (χ3v) is 4.98. The van der Waals surface area contributed by atoms with Crippen LogP contribution in [-0.2, 0) is 4.74 Å². The van der Waals surface area contributed by atoms with Crippen molar-refractivity contribution in [3.63, 3.8) is 0 Å². The molecule has 3 rings (SSSR count). The molecular formula is C17H23N2O4-. The maximum absolute atomic E-state index is 12.1. The van der Waals surface area contributed by atoms with E-state index < -0.39 is 0 Å².